The number of fused-ring (bicyclic) bond motifs is 2. The van der Waals surface area contributed by atoms with E-state index in [9.17, 15) is 4.79 Å². The zero-order chi connectivity index (χ0) is 24.5. The van der Waals surface area contributed by atoms with Crippen molar-refractivity contribution in [2.24, 2.45) is 0 Å². The number of imidazole rings is 1. The molecule has 6 rings (SSSR count). The van der Waals surface area contributed by atoms with E-state index < -0.39 is 0 Å². The van der Waals surface area contributed by atoms with Crippen LogP contribution in [0.5, 0.6) is 0 Å². The number of nitrogens with zero attached hydrogens (tertiary/aromatic N) is 5. The third-order valence-electron chi connectivity index (χ3n) is 5.96. The zero-order valence-corrected chi connectivity index (χ0v) is 19.5. The fraction of sp³-hybridized carbons (Fsp3) is 0.111. The molecule has 3 N–H and O–H groups in total. The van der Waals surface area contributed by atoms with Gasteiger partial charge in [0.1, 0.15) is 5.69 Å². The molecule has 5 aromatic heterocycles. The number of amides is 1. The number of para-hydroxylation sites is 1. The van der Waals surface area contributed by atoms with Crippen LogP contribution in [0.4, 0.5) is 5.69 Å². The Morgan fingerprint density at radius 1 is 0.972 bits per heavy atom. The van der Waals surface area contributed by atoms with E-state index >= 15 is 0 Å². The monoisotopic (exact) mass is 474 g/mol. The van der Waals surface area contributed by atoms with Crippen molar-refractivity contribution in [1.29, 1.82) is 0 Å². The summed E-state index contributed by atoms with van der Waals surface area (Å²) in [6.07, 6.45) is 9.99. The van der Waals surface area contributed by atoms with Crippen LogP contribution < -0.4 is 5.32 Å². The minimum absolute atomic E-state index is 0.0299. The van der Waals surface area contributed by atoms with Crippen molar-refractivity contribution in [3.05, 3.63) is 73.4 Å². The van der Waals surface area contributed by atoms with E-state index in [1.165, 1.54) is 0 Å². The molecule has 1 aromatic carbocycles. The molecule has 0 aliphatic carbocycles. The van der Waals surface area contributed by atoms with Gasteiger partial charge in [-0.1, -0.05) is 25.1 Å². The normalized spacial score (nSPS) is 11.2. The van der Waals surface area contributed by atoms with Gasteiger partial charge in [0.15, 0.2) is 11.5 Å². The summed E-state index contributed by atoms with van der Waals surface area (Å²) in [4.78, 5) is 33.4. The Morgan fingerprint density at radius 2 is 1.86 bits per heavy atom. The third kappa shape index (κ3) is 3.96. The van der Waals surface area contributed by atoms with Gasteiger partial charge in [-0.05, 0) is 30.7 Å². The third-order valence-corrected chi connectivity index (χ3v) is 5.96. The van der Waals surface area contributed by atoms with E-state index in [-0.39, 0.29) is 5.91 Å². The van der Waals surface area contributed by atoms with Gasteiger partial charge in [-0.2, -0.15) is 5.10 Å². The number of hydrogen-bond donors (Lipinski definition) is 3. The number of nitrogens with one attached hydrogen (secondary N) is 3. The first-order valence-corrected chi connectivity index (χ1v) is 11.7. The molecular weight excluding hydrogens is 452 g/mol. The number of benzene rings is 1. The quantitative estimate of drug-likeness (QED) is 0.298. The van der Waals surface area contributed by atoms with Crippen molar-refractivity contribution in [2.45, 2.75) is 19.8 Å². The number of carbonyl (C=O) groups is 1. The lowest BCUT2D eigenvalue weighted by Crippen LogP contribution is -2.10. The summed E-state index contributed by atoms with van der Waals surface area (Å²) in [7, 11) is 0. The summed E-state index contributed by atoms with van der Waals surface area (Å²) in [6.45, 7) is 1.97. The van der Waals surface area contributed by atoms with E-state index in [0.29, 0.717) is 29.3 Å². The van der Waals surface area contributed by atoms with Gasteiger partial charge in [0.05, 0.1) is 28.3 Å². The number of hydrogen-bond acceptors (Lipinski definition) is 6. The molecule has 0 atom stereocenters. The molecule has 5 heterocycles. The number of H-pyrrole nitrogens is 2. The number of aromatic nitrogens is 7. The Morgan fingerprint density at radius 3 is 2.72 bits per heavy atom. The molecule has 176 valence electrons. The second-order valence-electron chi connectivity index (χ2n) is 8.48. The topological polar surface area (TPSA) is 125 Å². The molecule has 0 aliphatic heterocycles. The van der Waals surface area contributed by atoms with Crippen molar-refractivity contribution in [1.82, 2.24) is 35.1 Å². The van der Waals surface area contributed by atoms with E-state index in [0.717, 1.165) is 45.1 Å². The second kappa shape index (κ2) is 9.03. The molecule has 0 saturated carbocycles. The molecule has 0 bridgehead atoms. The second-order valence-corrected chi connectivity index (χ2v) is 8.48. The molecule has 9 nitrogen and oxygen atoms in total. The molecule has 0 fully saturated rings. The number of rotatable bonds is 6. The van der Waals surface area contributed by atoms with Gasteiger partial charge >= 0.3 is 0 Å². The van der Waals surface area contributed by atoms with Crippen LogP contribution in [-0.2, 0) is 4.79 Å². The van der Waals surface area contributed by atoms with Crippen LogP contribution >= 0.6 is 0 Å². The number of aromatic amines is 2. The Kier molecular flexibility index (Phi) is 5.42. The highest BCUT2D eigenvalue weighted by atomic mass is 16.1. The van der Waals surface area contributed by atoms with Gasteiger partial charge in [0, 0.05) is 53.5 Å². The Hall–Kier alpha value is -4.92. The summed E-state index contributed by atoms with van der Waals surface area (Å²) in [6, 6.07) is 13.8. The van der Waals surface area contributed by atoms with Gasteiger partial charge in [-0.25, -0.2) is 9.97 Å². The van der Waals surface area contributed by atoms with Crippen molar-refractivity contribution < 1.29 is 4.79 Å². The first-order valence-electron chi connectivity index (χ1n) is 11.7. The summed E-state index contributed by atoms with van der Waals surface area (Å²) in [5.74, 6) is 0.614. The lowest BCUT2D eigenvalue weighted by atomic mass is 10.1. The molecule has 6 aromatic rings. The molecule has 9 heteroatoms. The Bertz CT molecular complexity index is 1700. The maximum atomic E-state index is 12.0. The SMILES string of the molecule is CCCC(=O)Nc1cncc(-c2cnc3[nH]nc(-c4nc5c(-c6cccnc6)cccc5[nH]4)c3c2)c1. The molecule has 36 heavy (non-hydrogen) atoms. The van der Waals surface area contributed by atoms with Crippen molar-refractivity contribution in [3.63, 3.8) is 0 Å². The highest BCUT2D eigenvalue weighted by molar-refractivity contribution is 5.97. The van der Waals surface area contributed by atoms with E-state index in [4.69, 9.17) is 4.98 Å². The van der Waals surface area contributed by atoms with Gasteiger partial charge in [-0.15, -0.1) is 0 Å². The molecule has 0 spiro atoms. The minimum atomic E-state index is -0.0299. The van der Waals surface area contributed by atoms with Gasteiger partial charge in [0.25, 0.3) is 0 Å². The van der Waals surface area contributed by atoms with Crippen LogP contribution in [-0.4, -0.2) is 41.0 Å². The summed E-state index contributed by atoms with van der Waals surface area (Å²) in [5, 5.41) is 11.2. The van der Waals surface area contributed by atoms with Crippen LogP contribution in [0.25, 0.3) is 55.8 Å². The van der Waals surface area contributed by atoms with E-state index in [2.05, 4.69) is 35.5 Å². The largest absolute Gasteiger partial charge is 0.337 e. The smallest absolute Gasteiger partial charge is 0.224 e. The highest BCUT2D eigenvalue weighted by Crippen LogP contribution is 2.32. The van der Waals surface area contributed by atoms with Crippen LogP contribution in [0.2, 0.25) is 0 Å². The zero-order valence-electron chi connectivity index (χ0n) is 19.5. The standard InChI is InChI=1S/C27H22N8O/c1-2-5-23(36)31-19-10-17(13-29-15-19)18-11-21-25(34-35-26(21)30-14-18)27-32-22-8-3-7-20(24(22)33-27)16-6-4-9-28-12-16/h3-4,6-15H,2,5H2,1H3,(H,31,36)(H,32,33)(H,30,34,35). The fourth-order valence-corrected chi connectivity index (χ4v) is 4.26. The van der Waals surface area contributed by atoms with Crippen molar-refractivity contribution in [3.8, 4) is 33.8 Å². The maximum absolute atomic E-state index is 12.0. The average molecular weight is 475 g/mol. The summed E-state index contributed by atoms with van der Waals surface area (Å²) in [5.41, 5.74) is 7.43. The summed E-state index contributed by atoms with van der Waals surface area (Å²) >= 11 is 0. The molecular formula is C27H22N8O. The first kappa shape index (κ1) is 21.6. The van der Waals surface area contributed by atoms with Crippen LogP contribution in [0.15, 0.2) is 73.4 Å². The Balaban J connectivity index is 1.40. The van der Waals surface area contributed by atoms with Crippen LogP contribution in [0, 0.1) is 0 Å². The number of anilines is 1. The minimum Gasteiger partial charge on any atom is -0.337 e. The highest BCUT2D eigenvalue weighted by Gasteiger charge is 2.16. The van der Waals surface area contributed by atoms with Crippen LogP contribution in [0.3, 0.4) is 0 Å². The fourth-order valence-electron chi connectivity index (χ4n) is 4.26. The molecule has 0 saturated heterocycles. The summed E-state index contributed by atoms with van der Waals surface area (Å²) < 4.78 is 0. The molecule has 1 amide bonds. The lowest BCUT2D eigenvalue weighted by Gasteiger charge is -2.07. The predicted molar refractivity (Wildman–Crippen MR) is 139 cm³/mol. The molecule has 0 radical (unpaired) electrons. The van der Waals surface area contributed by atoms with Crippen LogP contribution in [0.1, 0.15) is 19.8 Å². The van der Waals surface area contributed by atoms with E-state index in [1.54, 1.807) is 24.8 Å². The first-order chi connectivity index (χ1) is 17.7. The van der Waals surface area contributed by atoms with Gasteiger partial charge in [-0.3, -0.25) is 19.9 Å². The maximum Gasteiger partial charge on any atom is 0.224 e. The van der Waals surface area contributed by atoms with Crippen molar-refractivity contribution >= 4 is 33.7 Å². The molecule has 0 unspecified atom stereocenters. The lowest BCUT2D eigenvalue weighted by molar-refractivity contribution is -0.116. The molecule has 0 aliphatic rings. The number of carbonyl (C=O) groups excluding carboxylic acids is 1. The van der Waals surface area contributed by atoms with Gasteiger partial charge < -0.3 is 10.3 Å². The van der Waals surface area contributed by atoms with Gasteiger partial charge in [0.2, 0.25) is 5.91 Å². The Labute approximate surface area is 206 Å². The number of pyridine rings is 3. The average Bonchev–Trinajstić information content (AvgIpc) is 3.53. The van der Waals surface area contributed by atoms with Crippen molar-refractivity contribution in [2.75, 3.05) is 5.32 Å². The predicted octanol–water partition coefficient (Wildman–Crippen LogP) is 5.36. The van der Waals surface area contributed by atoms with E-state index in [1.807, 2.05) is 55.6 Å².